The average molecular weight is 443 g/mol. The monoisotopic (exact) mass is 443 g/mol. The Morgan fingerprint density at radius 1 is 1.06 bits per heavy atom. The third kappa shape index (κ3) is 4.88. The number of rotatable bonds is 7. The molecular weight excluding hydrogens is 426 g/mol. The second-order valence-corrected chi connectivity index (χ2v) is 7.59. The number of carbonyl (C=O) groups excluding carboxylic acids is 2. The Morgan fingerprint density at radius 3 is 2.53 bits per heavy atom. The molecule has 1 amide bonds. The number of hydrogen-bond acceptors (Lipinski definition) is 7. The van der Waals surface area contributed by atoms with Crippen LogP contribution in [-0.2, 0) is 16.0 Å². The first-order valence-corrected chi connectivity index (χ1v) is 10.5. The minimum atomic E-state index is -0.794. The number of aromatic nitrogens is 3. The van der Waals surface area contributed by atoms with E-state index in [-0.39, 0.29) is 5.82 Å². The van der Waals surface area contributed by atoms with Crippen molar-refractivity contribution in [1.82, 2.24) is 14.8 Å². The smallest absolute Gasteiger partial charge is 0.378 e. The molecule has 4 aromatic rings. The van der Waals surface area contributed by atoms with Crippen LogP contribution < -0.4 is 5.32 Å². The van der Waals surface area contributed by atoms with Crippen molar-refractivity contribution in [2.24, 2.45) is 0 Å². The molecule has 0 aliphatic carbocycles. The summed E-state index contributed by atoms with van der Waals surface area (Å²) in [4.78, 5) is 29.9. The summed E-state index contributed by atoms with van der Waals surface area (Å²) in [6, 6.07) is 22.0. The maximum atomic E-state index is 12.5. The molecule has 0 atom stereocenters. The predicted molar refractivity (Wildman–Crippen MR) is 119 cm³/mol. The summed E-state index contributed by atoms with van der Waals surface area (Å²) in [6.07, 6.45) is 0.294. The Labute approximate surface area is 187 Å². The zero-order chi connectivity index (χ0) is 22.3. The molecule has 1 N–H and O–H groups in total. The number of carbonyl (C=O) groups is 2. The van der Waals surface area contributed by atoms with Crippen molar-refractivity contribution in [2.75, 3.05) is 11.9 Å². The average Bonchev–Trinajstić information content (AvgIpc) is 3.50. The van der Waals surface area contributed by atoms with Crippen LogP contribution in [0.2, 0.25) is 0 Å². The third-order valence-corrected chi connectivity index (χ3v) is 5.25. The molecule has 2 heterocycles. The molecule has 9 heteroatoms. The lowest BCUT2D eigenvalue weighted by Gasteiger charge is -2.06. The highest BCUT2D eigenvalue weighted by atomic mass is 32.1. The fourth-order valence-corrected chi connectivity index (χ4v) is 3.60. The van der Waals surface area contributed by atoms with Crippen LogP contribution in [0.4, 0.5) is 5.69 Å². The Kier molecular flexibility index (Phi) is 6.34. The van der Waals surface area contributed by atoms with Crippen LogP contribution in [0.15, 0.2) is 72.1 Å². The highest BCUT2D eigenvalue weighted by molar-refractivity contribution is 7.13. The first kappa shape index (κ1) is 21.0. The van der Waals surface area contributed by atoms with E-state index in [9.17, 15) is 9.59 Å². The van der Waals surface area contributed by atoms with Gasteiger partial charge in [0.2, 0.25) is 0 Å². The van der Waals surface area contributed by atoms with E-state index < -0.39 is 18.5 Å². The number of ether oxygens (including phenoxy) is 1. The lowest BCUT2D eigenvalue weighted by Crippen LogP contribution is -2.21. The topological polar surface area (TPSA) is 110 Å². The normalized spacial score (nSPS) is 10.3. The first-order valence-electron chi connectivity index (χ1n) is 9.63. The molecule has 0 fully saturated rings. The van der Waals surface area contributed by atoms with Crippen molar-refractivity contribution in [3.8, 4) is 22.5 Å². The summed E-state index contributed by atoms with van der Waals surface area (Å²) in [5.74, 6) is -0.907. The molecule has 4 rings (SSSR count). The molecule has 0 unspecified atom stereocenters. The summed E-state index contributed by atoms with van der Waals surface area (Å²) < 4.78 is 6.69. The molecule has 0 aliphatic rings. The molecular formula is C23H17N5O3S. The van der Waals surface area contributed by atoms with Gasteiger partial charge < -0.3 is 10.1 Å². The van der Waals surface area contributed by atoms with Crippen molar-refractivity contribution in [3.63, 3.8) is 0 Å². The number of nitriles is 1. The number of anilines is 1. The summed E-state index contributed by atoms with van der Waals surface area (Å²) >= 11 is 1.48. The van der Waals surface area contributed by atoms with Gasteiger partial charge in [-0.2, -0.15) is 10.2 Å². The summed E-state index contributed by atoms with van der Waals surface area (Å²) in [5.41, 5.74) is 2.14. The molecule has 32 heavy (non-hydrogen) atoms. The first-order chi connectivity index (χ1) is 15.6. The van der Waals surface area contributed by atoms with Gasteiger partial charge in [-0.3, -0.25) is 4.79 Å². The fourth-order valence-electron chi connectivity index (χ4n) is 2.90. The zero-order valence-electron chi connectivity index (χ0n) is 16.8. The van der Waals surface area contributed by atoms with Crippen molar-refractivity contribution in [1.29, 1.82) is 5.26 Å². The molecule has 0 bridgehead atoms. The molecule has 0 saturated carbocycles. The SMILES string of the molecule is N#CCc1ccc(NC(=O)COC(=O)c2nc(-c3cccs3)n(-c3ccccc3)n2)cc1. The van der Waals surface area contributed by atoms with Gasteiger partial charge in [-0.05, 0) is 41.3 Å². The van der Waals surface area contributed by atoms with Crippen LogP contribution in [-0.4, -0.2) is 33.2 Å². The second-order valence-electron chi connectivity index (χ2n) is 6.64. The maximum Gasteiger partial charge on any atom is 0.378 e. The van der Waals surface area contributed by atoms with Gasteiger partial charge in [-0.1, -0.05) is 36.4 Å². The molecule has 8 nitrogen and oxygen atoms in total. The summed E-state index contributed by atoms with van der Waals surface area (Å²) in [7, 11) is 0. The van der Waals surface area contributed by atoms with Crippen molar-refractivity contribution in [2.45, 2.75) is 6.42 Å². The van der Waals surface area contributed by atoms with E-state index in [0.29, 0.717) is 17.9 Å². The van der Waals surface area contributed by atoms with E-state index in [1.54, 1.807) is 28.9 Å². The Hall–Kier alpha value is -4.29. The number of nitrogens with one attached hydrogen (secondary N) is 1. The van der Waals surface area contributed by atoms with E-state index in [2.05, 4.69) is 21.5 Å². The van der Waals surface area contributed by atoms with E-state index in [1.807, 2.05) is 47.8 Å². The van der Waals surface area contributed by atoms with Crippen LogP contribution in [0.1, 0.15) is 16.2 Å². The minimum absolute atomic E-state index is 0.133. The van der Waals surface area contributed by atoms with Gasteiger partial charge in [0, 0.05) is 5.69 Å². The minimum Gasteiger partial charge on any atom is -0.450 e. The number of amides is 1. The van der Waals surface area contributed by atoms with Crippen LogP contribution in [0, 0.1) is 11.3 Å². The lowest BCUT2D eigenvalue weighted by atomic mass is 10.1. The van der Waals surface area contributed by atoms with E-state index >= 15 is 0 Å². The second kappa shape index (κ2) is 9.68. The molecule has 0 spiro atoms. The van der Waals surface area contributed by atoms with Gasteiger partial charge in [-0.15, -0.1) is 16.4 Å². The Bertz CT molecular complexity index is 1260. The molecule has 2 aromatic carbocycles. The van der Waals surface area contributed by atoms with Crippen molar-refractivity contribution in [3.05, 3.63) is 83.5 Å². The maximum absolute atomic E-state index is 12.5. The van der Waals surface area contributed by atoms with Crippen molar-refractivity contribution >= 4 is 28.9 Å². The van der Waals surface area contributed by atoms with Gasteiger partial charge in [0.15, 0.2) is 12.4 Å². The number of thiophene rings is 1. The van der Waals surface area contributed by atoms with Crippen LogP contribution in [0.3, 0.4) is 0 Å². The number of para-hydroxylation sites is 1. The van der Waals surface area contributed by atoms with Gasteiger partial charge >= 0.3 is 5.97 Å². The van der Waals surface area contributed by atoms with Crippen LogP contribution >= 0.6 is 11.3 Å². The number of hydrogen-bond donors (Lipinski definition) is 1. The Balaban J connectivity index is 1.44. The molecule has 2 aromatic heterocycles. The van der Waals surface area contributed by atoms with E-state index in [1.165, 1.54) is 11.3 Å². The number of esters is 1. The van der Waals surface area contributed by atoms with Crippen LogP contribution in [0.5, 0.6) is 0 Å². The largest absolute Gasteiger partial charge is 0.450 e. The predicted octanol–water partition coefficient (Wildman–Crippen LogP) is 3.86. The number of nitrogens with zero attached hydrogens (tertiary/aromatic N) is 4. The van der Waals surface area contributed by atoms with Gasteiger partial charge in [0.05, 0.1) is 23.1 Å². The van der Waals surface area contributed by atoms with Crippen molar-refractivity contribution < 1.29 is 14.3 Å². The zero-order valence-corrected chi connectivity index (χ0v) is 17.6. The quantitative estimate of drug-likeness (QED) is 0.434. The lowest BCUT2D eigenvalue weighted by molar-refractivity contribution is -0.119. The highest BCUT2D eigenvalue weighted by Crippen LogP contribution is 2.25. The van der Waals surface area contributed by atoms with E-state index in [4.69, 9.17) is 10.00 Å². The molecule has 158 valence electrons. The standard InChI is InChI=1S/C23H17N5O3S/c24-13-12-16-8-10-17(11-9-16)25-20(29)15-31-23(30)21-26-22(19-7-4-14-32-19)28(27-21)18-5-2-1-3-6-18/h1-11,14H,12,15H2,(H,25,29). The molecule has 0 aliphatic heterocycles. The van der Waals surface area contributed by atoms with Gasteiger partial charge in [-0.25, -0.2) is 9.48 Å². The molecule has 0 saturated heterocycles. The molecule has 0 radical (unpaired) electrons. The van der Waals surface area contributed by atoms with Gasteiger partial charge in [0.25, 0.3) is 11.7 Å². The van der Waals surface area contributed by atoms with Crippen LogP contribution in [0.25, 0.3) is 16.4 Å². The third-order valence-electron chi connectivity index (χ3n) is 4.39. The Morgan fingerprint density at radius 2 is 1.84 bits per heavy atom. The highest BCUT2D eigenvalue weighted by Gasteiger charge is 2.21. The summed E-state index contributed by atoms with van der Waals surface area (Å²) in [6.45, 7) is -0.479. The van der Waals surface area contributed by atoms with E-state index in [0.717, 1.165) is 16.1 Å². The number of benzene rings is 2. The van der Waals surface area contributed by atoms with Gasteiger partial charge in [0.1, 0.15) is 0 Å². The summed E-state index contributed by atoms with van der Waals surface area (Å²) in [5, 5.41) is 17.6. The fraction of sp³-hybridized carbons (Fsp3) is 0.0870.